The van der Waals surface area contributed by atoms with Gasteiger partial charge in [0.05, 0.1) is 5.69 Å². The zero-order chi connectivity index (χ0) is 11.7. The predicted octanol–water partition coefficient (Wildman–Crippen LogP) is 2.02. The van der Waals surface area contributed by atoms with Crippen molar-refractivity contribution in [1.82, 2.24) is 10.3 Å². The number of hydrogen-bond donors (Lipinski definition) is 1. The lowest BCUT2D eigenvalue weighted by Crippen LogP contribution is -2.28. The van der Waals surface area contributed by atoms with Gasteiger partial charge in [0.25, 0.3) is 6.01 Å². The molecule has 4 heteroatoms. The second-order valence-electron chi connectivity index (χ2n) is 5.44. The van der Waals surface area contributed by atoms with Crippen LogP contribution in [-0.2, 0) is 6.54 Å². The first-order valence-corrected chi connectivity index (χ1v) is 6.69. The third-order valence-corrected chi connectivity index (χ3v) is 3.52. The highest BCUT2D eigenvalue weighted by Gasteiger charge is 2.31. The second kappa shape index (κ2) is 4.69. The molecule has 17 heavy (non-hydrogen) atoms. The van der Waals surface area contributed by atoms with Gasteiger partial charge < -0.3 is 14.6 Å². The third-order valence-electron chi connectivity index (χ3n) is 3.52. The van der Waals surface area contributed by atoms with Crippen LogP contribution >= 0.6 is 0 Å². The monoisotopic (exact) mass is 235 g/mol. The zero-order valence-corrected chi connectivity index (χ0v) is 10.5. The summed E-state index contributed by atoms with van der Waals surface area (Å²) in [4.78, 5) is 6.91. The van der Waals surface area contributed by atoms with Crippen molar-refractivity contribution in [2.75, 3.05) is 25.0 Å². The molecular weight excluding hydrogens is 214 g/mol. The fraction of sp³-hybridized carbons (Fsp3) is 0.769. The van der Waals surface area contributed by atoms with Gasteiger partial charge in [0.2, 0.25) is 0 Å². The summed E-state index contributed by atoms with van der Waals surface area (Å²) in [6.45, 7) is 3.05. The van der Waals surface area contributed by atoms with Crippen LogP contribution in [0.5, 0.6) is 0 Å². The first-order chi connectivity index (χ1) is 8.35. The summed E-state index contributed by atoms with van der Waals surface area (Å²) in [7, 11) is 1.93. The van der Waals surface area contributed by atoms with Crippen LogP contribution in [0, 0.1) is 11.8 Å². The molecule has 0 saturated heterocycles. The molecule has 1 aromatic rings. The van der Waals surface area contributed by atoms with Gasteiger partial charge in [0.1, 0.15) is 6.26 Å². The maximum atomic E-state index is 5.61. The van der Waals surface area contributed by atoms with Crippen molar-refractivity contribution in [1.29, 1.82) is 0 Å². The van der Waals surface area contributed by atoms with Gasteiger partial charge in [-0.2, -0.15) is 4.98 Å². The van der Waals surface area contributed by atoms with E-state index in [9.17, 15) is 0 Å². The highest BCUT2D eigenvalue weighted by Crippen LogP contribution is 2.35. The van der Waals surface area contributed by atoms with E-state index in [1.807, 2.05) is 7.05 Å². The van der Waals surface area contributed by atoms with Gasteiger partial charge in [-0.3, -0.25) is 0 Å². The van der Waals surface area contributed by atoms with Crippen LogP contribution in [-0.4, -0.2) is 25.1 Å². The number of hydrogen-bond acceptors (Lipinski definition) is 4. The van der Waals surface area contributed by atoms with E-state index in [-0.39, 0.29) is 0 Å². The molecule has 94 valence electrons. The van der Waals surface area contributed by atoms with Gasteiger partial charge in [-0.1, -0.05) is 0 Å². The van der Waals surface area contributed by atoms with Crippen LogP contribution in [0.2, 0.25) is 0 Å². The maximum absolute atomic E-state index is 5.61. The summed E-state index contributed by atoms with van der Waals surface area (Å²) in [5.74, 6) is 1.77. The Balaban J connectivity index is 1.65. The van der Waals surface area contributed by atoms with E-state index in [1.165, 1.54) is 25.7 Å². The minimum atomic E-state index is 0.782. The molecule has 0 unspecified atom stereocenters. The van der Waals surface area contributed by atoms with Gasteiger partial charge in [0, 0.05) is 19.6 Å². The van der Waals surface area contributed by atoms with E-state index < -0.39 is 0 Å². The highest BCUT2D eigenvalue weighted by molar-refractivity contribution is 5.28. The second-order valence-corrected chi connectivity index (χ2v) is 5.44. The minimum absolute atomic E-state index is 0.782. The van der Waals surface area contributed by atoms with E-state index in [0.29, 0.717) is 0 Å². The largest absolute Gasteiger partial charge is 0.432 e. The van der Waals surface area contributed by atoms with Gasteiger partial charge in [-0.05, 0) is 44.6 Å². The Morgan fingerprint density at radius 1 is 1.29 bits per heavy atom. The molecule has 0 radical (unpaired) electrons. The molecule has 0 aliphatic heterocycles. The predicted molar refractivity (Wildman–Crippen MR) is 66.9 cm³/mol. The summed E-state index contributed by atoms with van der Waals surface area (Å²) >= 11 is 0. The smallest absolute Gasteiger partial charge is 0.297 e. The van der Waals surface area contributed by atoms with E-state index in [1.54, 1.807) is 6.26 Å². The molecule has 2 saturated carbocycles. The lowest BCUT2D eigenvalue weighted by molar-refractivity contribution is 0.517. The van der Waals surface area contributed by atoms with Crippen molar-refractivity contribution in [3.8, 4) is 0 Å². The average Bonchev–Trinajstić information content (AvgIpc) is 3.23. The summed E-state index contributed by atoms with van der Waals surface area (Å²) in [6, 6.07) is 0.828. The van der Waals surface area contributed by atoms with Crippen molar-refractivity contribution in [3.05, 3.63) is 12.0 Å². The number of anilines is 1. The molecular formula is C13H21N3O. The van der Waals surface area contributed by atoms with Crippen LogP contribution in [0.3, 0.4) is 0 Å². The van der Waals surface area contributed by atoms with Crippen molar-refractivity contribution in [2.45, 2.75) is 32.2 Å². The van der Waals surface area contributed by atoms with Crippen LogP contribution in [0.4, 0.5) is 6.01 Å². The highest BCUT2D eigenvalue weighted by atomic mass is 16.4. The summed E-state index contributed by atoms with van der Waals surface area (Å²) in [6.07, 6.45) is 7.30. The Morgan fingerprint density at radius 3 is 2.47 bits per heavy atom. The van der Waals surface area contributed by atoms with E-state index in [2.05, 4.69) is 15.2 Å². The normalized spacial score (nSPS) is 19.6. The molecule has 4 nitrogen and oxygen atoms in total. The van der Waals surface area contributed by atoms with Gasteiger partial charge in [-0.15, -0.1) is 0 Å². The Labute approximate surface area is 102 Å². The van der Waals surface area contributed by atoms with Gasteiger partial charge in [-0.25, -0.2) is 0 Å². The minimum Gasteiger partial charge on any atom is -0.432 e. The zero-order valence-electron chi connectivity index (χ0n) is 10.5. The number of rotatable bonds is 7. The van der Waals surface area contributed by atoms with Crippen LogP contribution in [0.15, 0.2) is 10.7 Å². The maximum Gasteiger partial charge on any atom is 0.297 e. The van der Waals surface area contributed by atoms with Crippen LogP contribution in [0.25, 0.3) is 0 Å². The number of aromatic nitrogens is 1. The fourth-order valence-corrected chi connectivity index (χ4v) is 2.16. The van der Waals surface area contributed by atoms with Crippen LogP contribution in [0.1, 0.15) is 31.4 Å². The van der Waals surface area contributed by atoms with Crippen molar-refractivity contribution < 1.29 is 4.42 Å². The molecule has 0 spiro atoms. The lowest BCUT2D eigenvalue weighted by Gasteiger charge is -2.19. The number of nitrogens with zero attached hydrogens (tertiary/aromatic N) is 2. The fourth-order valence-electron chi connectivity index (χ4n) is 2.16. The molecule has 1 heterocycles. The standard InChI is InChI=1S/C13H21N3O/c1-14-6-12-9-17-13(15-12)16(7-10-2-3-10)8-11-4-5-11/h9-11,14H,2-8H2,1H3. The topological polar surface area (TPSA) is 41.3 Å². The van der Waals surface area contributed by atoms with E-state index >= 15 is 0 Å². The Kier molecular flexibility index (Phi) is 3.05. The molecule has 0 aromatic carbocycles. The quantitative estimate of drug-likeness (QED) is 0.785. The molecule has 1 N–H and O–H groups in total. The Morgan fingerprint density at radius 2 is 1.94 bits per heavy atom. The first-order valence-electron chi connectivity index (χ1n) is 6.69. The van der Waals surface area contributed by atoms with Crippen molar-refractivity contribution in [3.63, 3.8) is 0 Å². The van der Waals surface area contributed by atoms with E-state index in [4.69, 9.17) is 4.42 Å². The molecule has 2 aliphatic carbocycles. The van der Waals surface area contributed by atoms with Gasteiger partial charge >= 0.3 is 0 Å². The molecule has 0 atom stereocenters. The molecule has 2 aliphatic rings. The Bertz CT molecular complexity index is 354. The third kappa shape index (κ3) is 3.00. The number of oxazole rings is 1. The molecule has 0 amide bonds. The summed E-state index contributed by atoms with van der Waals surface area (Å²) < 4.78 is 5.61. The van der Waals surface area contributed by atoms with Crippen molar-refractivity contribution in [2.24, 2.45) is 11.8 Å². The Hall–Kier alpha value is -1.03. The molecule has 1 aromatic heterocycles. The first kappa shape index (κ1) is 11.1. The van der Waals surface area contributed by atoms with Gasteiger partial charge in [0.15, 0.2) is 0 Å². The molecule has 3 rings (SSSR count). The van der Waals surface area contributed by atoms with Crippen LogP contribution < -0.4 is 10.2 Å². The lowest BCUT2D eigenvalue weighted by atomic mass is 10.3. The summed E-state index contributed by atoms with van der Waals surface area (Å²) in [5.41, 5.74) is 0.999. The van der Waals surface area contributed by atoms with Crippen molar-refractivity contribution >= 4 is 6.01 Å². The average molecular weight is 235 g/mol. The SMILES string of the molecule is CNCc1coc(N(CC2CC2)CC2CC2)n1. The number of nitrogens with one attached hydrogen (secondary N) is 1. The molecule has 2 fully saturated rings. The summed E-state index contributed by atoms with van der Waals surface area (Å²) in [5, 5.41) is 3.10. The van der Waals surface area contributed by atoms with E-state index in [0.717, 1.165) is 43.2 Å². The molecule has 0 bridgehead atoms.